The first kappa shape index (κ1) is 29.5. The van der Waals surface area contributed by atoms with E-state index in [-0.39, 0.29) is 35.0 Å². The average Bonchev–Trinajstić information content (AvgIpc) is 3.52. The Morgan fingerprint density at radius 2 is 1.87 bits per heavy atom. The zero-order valence-corrected chi connectivity index (χ0v) is 24.5. The number of hydrogen-bond donors (Lipinski definition) is 1. The van der Waals surface area contributed by atoms with Crippen LogP contribution in [0.25, 0.3) is 16.6 Å². The van der Waals surface area contributed by atoms with Gasteiger partial charge in [0.1, 0.15) is 35.6 Å². The summed E-state index contributed by atoms with van der Waals surface area (Å²) < 4.78 is 48.2. The fourth-order valence-corrected chi connectivity index (χ4v) is 4.95. The van der Waals surface area contributed by atoms with E-state index in [4.69, 9.17) is 14.2 Å². The van der Waals surface area contributed by atoms with Gasteiger partial charge >= 0.3 is 0 Å². The van der Waals surface area contributed by atoms with Crippen LogP contribution in [0.4, 0.5) is 20.3 Å². The molecule has 0 spiro atoms. The molecule has 2 aromatic carbocycles. The van der Waals surface area contributed by atoms with Crippen LogP contribution in [0.3, 0.4) is 0 Å². The number of anilines is 2. The van der Waals surface area contributed by atoms with Crippen LogP contribution in [0, 0.1) is 18.6 Å². The molecule has 1 amide bonds. The van der Waals surface area contributed by atoms with E-state index >= 15 is 4.39 Å². The first-order valence-corrected chi connectivity index (χ1v) is 14.1. The second-order valence-electron chi connectivity index (χ2n) is 10.3. The Morgan fingerprint density at radius 1 is 1.04 bits per heavy atom. The topological polar surface area (TPSA) is 117 Å². The molecule has 45 heavy (non-hydrogen) atoms. The highest BCUT2D eigenvalue weighted by molar-refractivity contribution is 5.93. The highest BCUT2D eigenvalue weighted by atomic mass is 19.1. The predicted molar refractivity (Wildman–Crippen MR) is 162 cm³/mol. The van der Waals surface area contributed by atoms with Crippen molar-refractivity contribution in [1.82, 2.24) is 29.6 Å². The summed E-state index contributed by atoms with van der Waals surface area (Å²) in [5.74, 6) is 0.621. The Bertz CT molecular complexity index is 1890. The molecule has 0 atom stereocenters. The highest BCUT2D eigenvalue weighted by Gasteiger charge is 2.24. The molecule has 1 aliphatic rings. The Morgan fingerprint density at radius 3 is 2.60 bits per heavy atom. The van der Waals surface area contributed by atoms with Crippen LogP contribution in [0.1, 0.15) is 18.5 Å². The molecule has 0 saturated carbocycles. The first-order valence-electron chi connectivity index (χ1n) is 14.1. The monoisotopic (exact) mass is 613 g/mol. The number of ether oxygens (including phenoxy) is 3. The van der Waals surface area contributed by atoms with Crippen molar-refractivity contribution >= 4 is 28.3 Å². The minimum atomic E-state index is -0.589. The van der Waals surface area contributed by atoms with E-state index in [1.165, 1.54) is 41.5 Å². The van der Waals surface area contributed by atoms with Crippen molar-refractivity contribution in [1.29, 1.82) is 0 Å². The van der Waals surface area contributed by atoms with Crippen molar-refractivity contribution in [2.24, 2.45) is 0 Å². The number of nitrogens with one attached hydrogen (secondary N) is 1. The molecule has 13 heteroatoms. The maximum Gasteiger partial charge on any atom is 0.245 e. The van der Waals surface area contributed by atoms with Gasteiger partial charge in [0, 0.05) is 61.8 Å². The van der Waals surface area contributed by atoms with Crippen LogP contribution >= 0.6 is 0 Å². The van der Waals surface area contributed by atoms with E-state index in [9.17, 15) is 9.18 Å². The van der Waals surface area contributed by atoms with E-state index in [1.807, 2.05) is 0 Å². The van der Waals surface area contributed by atoms with Crippen LogP contribution in [-0.4, -0.2) is 61.8 Å². The summed E-state index contributed by atoms with van der Waals surface area (Å²) in [5, 5.41) is 7.91. The standard InChI is InChI=1S/C32H29F2N7O4/c1-4-31(42)40-10-7-21(8-11-40)44-29-15-23-27(16-28(29)43-3)36-18-37-32(23)38-26-6-5-22(14-25(26)34)45-30-9-12-41(39-30)20-13-24(33)19(2)35-17-20/h4-6,9,12-18,21H,1,7-8,10-11H2,2-3H3,(H,36,37,38). The summed E-state index contributed by atoms with van der Waals surface area (Å²) in [5.41, 5.74) is 1.44. The lowest BCUT2D eigenvalue weighted by atomic mass is 10.1. The van der Waals surface area contributed by atoms with Crippen molar-refractivity contribution in [3.8, 4) is 28.8 Å². The smallest absolute Gasteiger partial charge is 0.245 e. The van der Waals surface area contributed by atoms with Crippen molar-refractivity contribution < 1.29 is 27.8 Å². The summed E-state index contributed by atoms with van der Waals surface area (Å²) in [4.78, 5) is 26.4. The van der Waals surface area contributed by atoms with Crippen LogP contribution in [0.5, 0.6) is 23.1 Å². The molecule has 6 rings (SSSR count). The molecule has 11 nitrogen and oxygen atoms in total. The number of amides is 1. The normalized spacial score (nSPS) is 13.5. The molecule has 0 bridgehead atoms. The molecule has 0 radical (unpaired) electrons. The van der Waals surface area contributed by atoms with Crippen LogP contribution in [-0.2, 0) is 4.79 Å². The fourth-order valence-electron chi connectivity index (χ4n) is 4.95. The summed E-state index contributed by atoms with van der Waals surface area (Å²) in [7, 11) is 1.54. The number of aryl methyl sites for hydroxylation is 1. The number of hydrogen-bond acceptors (Lipinski definition) is 9. The number of fused-ring (bicyclic) bond motifs is 1. The first-order chi connectivity index (χ1) is 21.8. The number of benzene rings is 2. The Hall–Kier alpha value is -5.59. The number of piperidine rings is 1. The number of methoxy groups -OCH3 is 1. The van der Waals surface area contributed by atoms with Gasteiger partial charge in [0.15, 0.2) is 11.5 Å². The molecule has 3 aromatic heterocycles. The molecular formula is C32H29F2N7O4. The van der Waals surface area contributed by atoms with Gasteiger partial charge in [0.25, 0.3) is 0 Å². The van der Waals surface area contributed by atoms with Crippen LogP contribution in [0.2, 0.25) is 0 Å². The van der Waals surface area contributed by atoms with Gasteiger partial charge in [-0.05, 0) is 31.2 Å². The van der Waals surface area contributed by atoms with Gasteiger partial charge in [-0.25, -0.2) is 23.4 Å². The van der Waals surface area contributed by atoms with Crippen molar-refractivity contribution in [3.63, 3.8) is 0 Å². The van der Waals surface area contributed by atoms with E-state index in [1.54, 1.807) is 49.4 Å². The van der Waals surface area contributed by atoms with Crippen molar-refractivity contribution in [2.45, 2.75) is 25.9 Å². The van der Waals surface area contributed by atoms with E-state index < -0.39 is 11.6 Å². The molecule has 0 aliphatic carbocycles. The number of carbonyl (C=O) groups is 1. The van der Waals surface area contributed by atoms with Gasteiger partial charge in [-0.15, -0.1) is 5.10 Å². The van der Waals surface area contributed by atoms with Gasteiger partial charge in [0.2, 0.25) is 11.8 Å². The third-order valence-corrected chi connectivity index (χ3v) is 7.40. The number of nitrogens with zero attached hydrogens (tertiary/aromatic N) is 6. The minimum absolute atomic E-state index is 0.0964. The van der Waals surface area contributed by atoms with E-state index in [0.717, 1.165) is 0 Å². The lowest BCUT2D eigenvalue weighted by Crippen LogP contribution is -2.41. The lowest BCUT2D eigenvalue weighted by Gasteiger charge is -2.31. The van der Waals surface area contributed by atoms with Gasteiger partial charge in [0.05, 0.1) is 35.9 Å². The number of aromatic nitrogens is 5. The summed E-state index contributed by atoms with van der Waals surface area (Å²) in [6.07, 6.45) is 6.95. The largest absolute Gasteiger partial charge is 0.493 e. The van der Waals surface area contributed by atoms with Gasteiger partial charge in [-0.2, -0.15) is 0 Å². The molecule has 1 fully saturated rings. The molecule has 5 aromatic rings. The maximum absolute atomic E-state index is 15.3. The van der Waals surface area contributed by atoms with Crippen LogP contribution in [0.15, 0.2) is 73.8 Å². The fraction of sp³-hybridized carbons (Fsp3) is 0.219. The third-order valence-electron chi connectivity index (χ3n) is 7.40. The van der Waals surface area contributed by atoms with Gasteiger partial charge in [-0.1, -0.05) is 6.58 Å². The average molecular weight is 614 g/mol. The van der Waals surface area contributed by atoms with Gasteiger partial charge in [-0.3, -0.25) is 9.78 Å². The molecule has 1 N–H and O–H groups in total. The number of halogens is 2. The molecule has 0 unspecified atom stereocenters. The Kier molecular flexibility index (Phi) is 8.23. The second-order valence-corrected chi connectivity index (χ2v) is 10.3. The molecular weight excluding hydrogens is 584 g/mol. The summed E-state index contributed by atoms with van der Waals surface area (Å²) in [6.45, 7) is 6.25. The number of likely N-dealkylation sites (tertiary alicyclic amines) is 1. The maximum atomic E-state index is 15.3. The molecule has 4 heterocycles. The zero-order valence-electron chi connectivity index (χ0n) is 24.5. The second kappa shape index (κ2) is 12.6. The minimum Gasteiger partial charge on any atom is -0.493 e. The highest BCUT2D eigenvalue weighted by Crippen LogP contribution is 2.37. The molecule has 1 saturated heterocycles. The Labute approximate surface area is 257 Å². The number of pyridine rings is 1. The predicted octanol–water partition coefficient (Wildman–Crippen LogP) is 5.90. The Balaban J connectivity index is 1.18. The summed E-state index contributed by atoms with van der Waals surface area (Å²) in [6, 6.07) is 10.7. The quantitative estimate of drug-likeness (QED) is 0.203. The summed E-state index contributed by atoms with van der Waals surface area (Å²) >= 11 is 0. The zero-order chi connectivity index (χ0) is 31.5. The third kappa shape index (κ3) is 6.37. The van der Waals surface area contributed by atoms with Crippen molar-refractivity contribution in [3.05, 3.63) is 91.2 Å². The molecule has 230 valence electrons. The van der Waals surface area contributed by atoms with Crippen molar-refractivity contribution in [2.75, 3.05) is 25.5 Å². The van der Waals surface area contributed by atoms with E-state index in [0.29, 0.717) is 59.8 Å². The van der Waals surface area contributed by atoms with Gasteiger partial charge < -0.3 is 24.4 Å². The SMILES string of the molecule is C=CC(=O)N1CCC(Oc2cc3c(Nc4ccc(Oc5ccn(-c6cnc(C)c(F)c6)n5)cc4F)ncnc3cc2OC)CC1. The molecule has 1 aliphatic heterocycles. The van der Waals surface area contributed by atoms with E-state index in [2.05, 4.69) is 31.9 Å². The lowest BCUT2D eigenvalue weighted by molar-refractivity contribution is -0.127. The number of carbonyl (C=O) groups excluding carboxylic acids is 1. The van der Waals surface area contributed by atoms with Crippen LogP contribution < -0.4 is 19.5 Å². The number of rotatable bonds is 9.